The Morgan fingerprint density at radius 1 is 1.33 bits per heavy atom. The summed E-state index contributed by atoms with van der Waals surface area (Å²) in [6.07, 6.45) is 7.93. The fourth-order valence-electron chi connectivity index (χ4n) is 1.98. The van der Waals surface area contributed by atoms with Crippen molar-refractivity contribution in [1.29, 1.82) is 0 Å². The van der Waals surface area contributed by atoms with E-state index in [2.05, 4.69) is 12.2 Å². The van der Waals surface area contributed by atoms with Crippen molar-refractivity contribution < 1.29 is 4.79 Å². The van der Waals surface area contributed by atoms with E-state index in [0.29, 0.717) is 11.8 Å². The van der Waals surface area contributed by atoms with Crippen LogP contribution < -0.4 is 0 Å². The highest BCUT2D eigenvalue weighted by Gasteiger charge is 2.34. The van der Waals surface area contributed by atoms with Gasteiger partial charge in [-0.3, -0.25) is 0 Å². The van der Waals surface area contributed by atoms with Crippen molar-refractivity contribution in [2.75, 3.05) is 0 Å². The van der Waals surface area contributed by atoms with E-state index in [-0.39, 0.29) is 0 Å². The highest BCUT2D eigenvalue weighted by molar-refractivity contribution is 5.56. The lowest BCUT2D eigenvalue weighted by Gasteiger charge is -2.08. The lowest BCUT2D eigenvalue weighted by atomic mass is 9.95. The minimum absolute atomic E-state index is 0.361. The van der Waals surface area contributed by atoms with Gasteiger partial charge in [-0.15, -0.1) is 0 Å². The van der Waals surface area contributed by atoms with Gasteiger partial charge in [-0.2, -0.15) is 0 Å². The smallest absolute Gasteiger partial charge is 0.123 e. The minimum atomic E-state index is 0.361. The summed E-state index contributed by atoms with van der Waals surface area (Å²) in [7, 11) is 0. The number of allylic oxidation sites excluding steroid dienone is 2. The Balaban J connectivity index is 2.19. The zero-order valence-corrected chi connectivity index (χ0v) is 5.29. The van der Waals surface area contributed by atoms with Gasteiger partial charge >= 0.3 is 0 Å². The topological polar surface area (TPSA) is 17.1 Å². The van der Waals surface area contributed by atoms with Gasteiger partial charge in [0.25, 0.3) is 0 Å². The molecule has 0 aliphatic heterocycles. The van der Waals surface area contributed by atoms with E-state index in [1.807, 2.05) is 0 Å². The van der Waals surface area contributed by atoms with Crippen LogP contribution in [0.25, 0.3) is 0 Å². The Morgan fingerprint density at radius 2 is 2.22 bits per heavy atom. The summed E-state index contributed by atoms with van der Waals surface area (Å²) in [6, 6.07) is 0. The summed E-state index contributed by atoms with van der Waals surface area (Å²) in [5, 5.41) is 0. The number of carbonyl (C=O) groups excluding carboxylic acids is 1. The first-order valence-electron chi connectivity index (χ1n) is 3.54. The second-order valence-electron chi connectivity index (χ2n) is 3.08. The number of carbonyl (C=O) groups is 1. The van der Waals surface area contributed by atoms with Gasteiger partial charge in [0.1, 0.15) is 6.29 Å². The van der Waals surface area contributed by atoms with Crippen molar-refractivity contribution in [3.63, 3.8) is 0 Å². The molecule has 1 heteroatoms. The highest BCUT2D eigenvalue weighted by atomic mass is 16.1. The quantitative estimate of drug-likeness (QED) is 0.379. The lowest BCUT2D eigenvalue weighted by Crippen LogP contribution is -2.07. The van der Waals surface area contributed by atoms with E-state index >= 15 is 0 Å². The van der Waals surface area contributed by atoms with Crippen LogP contribution in [0.4, 0.5) is 0 Å². The molecule has 9 heavy (non-hydrogen) atoms. The molecule has 2 rings (SSSR count). The maximum Gasteiger partial charge on any atom is 0.123 e. The molecule has 1 nitrogen and oxygen atoms in total. The molecular formula is C8H10O. The lowest BCUT2D eigenvalue weighted by molar-refractivity contribution is -0.111. The van der Waals surface area contributed by atoms with Gasteiger partial charge in [0.15, 0.2) is 0 Å². The molecule has 0 spiro atoms. The van der Waals surface area contributed by atoms with Gasteiger partial charge in [0.2, 0.25) is 0 Å². The van der Waals surface area contributed by atoms with Crippen molar-refractivity contribution in [2.24, 2.45) is 17.8 Å². The van der Waals surface area contributed by atoms with Gasteiger partial charge in [-0.05, 0) is 24.7 Å². The third-order valence-electron chi connectivity index (χ3n) is 2.51. The third-order valence-corrected chi connectivity index (χ3v) is 2.51. The summed E-state index contributed by atoms with van der Waals surface area (Å²) >= 11 is 0. The molecule has 0 unspecified atom stereocenters. The first-order chi connectivity index (χ1) is 4.40. The average Bonchev–Trinajstić information content (AvgIpc) is 2.45. The first-order valence-corrected chi connectivity index (χ1v) is 3.54. The molecule has 0 heterocycles. The molecule has 0 radical (unpaired) electrons. The van der Waals surface area contributed by atoms with E-state index in [9.17, 15) is 4.79 Å². The van der Waals surface area contributed by atoms with Crippen LogP contribution in [0.2, 0.25) is 0 Å². The summed E-state index contributed by atoms with van der Waals surface area (Å²) in [5.41, 5.74) is 0. The Kier molecular flexibility index (Phi) is 0.981. The molecule has 2 aliphatic carbocycles. The molecule has 0 aromatic carbocycles. The number of fused-ring (bicyclic) bond motifs is 2. The molecule has 0 N–H and O–H groups in total. The maximum atomic E-state index is 10.4. The number of aldehydes is 1. The van der Waals surface area contributed by atoms with Gasteiger partial charge in [-0.25, -0.2) is 0 Å². The Bertz CT molecular complexity index is 160. The van der Waals surface area contributed by atoms with E-state index in [0.717, 1.165) is 18.6 Å². The number of hydrogen-bond donors (Lipinski definition) is 0. The summed E-state index contributed by atoms with van der Waals surface area (Å²) in [6.45, 7) is 0. The number of rotatable bonds is 1. The van der Waals surface area contributed by atoms with Crippen LogP contribution in [-0.2, 0) is 4.79 Å². The van der Waals surface area contributed by atoms with Crippen molar-refractivity contribution in [1.82, 2.24) is 0 Å². The van der Waals surface area contributed by atoms with E-state index < -0.39 is 0 Å². The fourth-order valence-corrected chi connectivity index (χ4v) is 1.98. The second-order valence-corrected chi connectivity index (χ2v) is 3.08. The average molecular weight is 122 g/mol. The van der Waals surface area contributed by atoms with Crippen molar-refractivity contribution >= 4 is 6.29 Å². The van der Waals surface area contributed by atoms with Crippen molar-refractivity contribution in [3.05, 3.63) is 12.2 Å². The van der Waals surface area contributed by atoms with E-state index in [4.69, 9.17) is 0 Å². The molecule has 2 bridgehead atoms. The minimum Gasteiger partial charge on any atom is -0.303 e. The van der Waals surface area contributed by atoms with E-state index in [1.54, 1.807) is 0 Å². The standard InChI is InChI=1S/C8H10O/c9-5-8-4-6-1-2-7(8)3-6/h1-2,5-8H,3-4H2/t6-,7+,8-/m0/s1. The first kappa shape index (κ1) is 5.21. The summed E-state index contributed by atoms with van der Waals surface area (Å²) in [4.78, 5) is 10.4. The molecule has 0 saturated heterocycles. The van der Waals surface area contributed by atoms with Crippen LogP contribution in [0, 0.1) is 17.8 Å². The Labute approximate surface area is 54.8 Å². The molecule has 0 aromatic rings. The monoisotopic (exact) mass is 122 g/mol. The molecule has 1 saturated carbocycles. The SMILES string of the molecule is O=C[C@@H]1C[C@H]2C=C[C@@H]1C2. The van der Waals surface area contributed by atoms with Crippen LogP contribution >= 0.6 is 0 Å². The molecular weight excluding hydrogens is 112 g/mol. The Morgan fingerprint density at radius 3 is 2.56 bits per heavy atom. The maximum absolute atomic E-state index is 10.4. The molecule has 48 valence electrons. The third kappa shape index (κ3) is 0.640. The van der Waals surface area contributed by atoms with Crippen LogP contribution in [0.15, 0.2) is 12.2 Å². The predicted octanol–water partition coefficient (Wildman–Crippen LogP) is 1.40. The fraction of sp³-hybridized carbons (Fsp3) is 0.625. The predicted molar refractivity (Wildman–Crippen MR) is 34.9 cm³/mol. The molecule has 2 aliphatic rings. The number of hydrogen-bond acceptors (Lipinski definition) is 1. The van der Waals surface area contributed by atoms with Crippen LogP contribution in [0.3, 0.4) is 0 Å². The summed E-state index contributed by atoms with van der Waals surface area (Å²) < 4.78 is 0. The van der Waals surface area contributed by atoms with Crippen molar-refractivity contribution in [2.45, 2.75) is 12.8 Å². The largest absolute Gasteiger partial charge is 0.303 e. The zero-order valence-electron chi connectivity index (χ0n) is 5.29. The Hall–Kier alpha value is -0.590. The van der Waals surface area contributed by atoms with Gasteiger partial charge in [0, 0.05) is 5.92 Å². The van der Waals surface area contributed by atoms with Crippen LogP contribution in [0.1, 0.15) is 12.8 Å². The molecule has 1 fully saturated rings. The van der Waals surface area contributed by atoms with Gasteiger partial charge in [-0.1, -0.05) is 12.2 Å². The van der Waals surface area contributed by atoms with Gasteiger partial charge in [0.05, 0.1) is 0 Å². The van der Waals surface area contributed by atoms with Crippen LogP contribution in [-0.4, -0.2) is 6.29 Å². The van der Waals surface area contributed by atoms with Crippen LogP contribution in [0.5, 0.6) is 0 Å². The second kappa shape index (κ2) is 1.69. The normalized spacial score (nSPS) is 46.0. The highest BCUT2D eigenvalue weighted by Crippen LogP contribution is 2.42. The molecule has 0 amide bonds. The zero-order chi connectivity index (χ0) is 6.27. The van der Waals surface area contributed by atoms with Crippen molar-refractivity contribution in [3.8, 4) is 0 Å². The molecule has 3 atom stereocenters. The van der Waals surface area contributed by atoms with Gasteiger partial charge < -0.3 is 4.79 Å². The summed E-state index contributed by atoms with van der Waals surface area (Å²) in [5.74, 6) is 1.71. The van der Waals surface area contributed by atoms with E-state index in [1.165, 1.54) is 6.42 Å². The molecule has 0 aromatic heterocycles.